The first kappa shape index (κ1) is 12.6. The van der Waals surface area contributed by atoms with E-state index in [2.05, 4.69) is 21.1 Å². The van der Waals surface area contributed by atoms with Gasteiger partial charge in [0.15, 0.2) is 5.76 Å². The molecule has 0 amide bonds. The molecule has 0 spiro atoms. The summed E-state index contributed by atoms with van der Waals surface area (Å²) in [7, 11) is 0. The minimum absolute atomic E-state index is 0.123. The van der Waals surface area contributed by atoms with E-state index in [0.29, 0.717) is 16.5 Å². The molecule has 0 bridgehead atoms. The number of hydrogen-bond acceptors (Lipinski definition) is 3. The monoisotopic (exact) mass is 314 g/mol. The van der Waals surface area contributed by atoms with E-state index in [4.69, 9.17) is 21.9 Å². The molecule has 90 valence electrons. The maximum atomic E-state index is 6.12. The van der Waals surface area contributed by atoms with Gasteiger partial charge in [-0.3, -0.25) is 0 Å². The normalized spacial score (nSPS) is 12.7. The van der Waals surface area contributed by atoms with E-state index in [0.717, 1.165) is 16.5 Å². The van der Waals surface area contributed by atoms with Crippen molar-refractivity contribution in [3.05, 3.63) is 39.5 Å². The third kappa shape index (κ3) is 2.70. The van der Waals surface area contributed by atoms with E-state index >= 15 is 0 Å². The van der Waals surface area contributed by atoms with Crippen LogP contribution in [0.1, 0.15) is 25.1 Å². The van der Waals surface area contributed by atoms with E-state index in [1.165, 1.54) is 0 Å². The van der Waals surface area contributed by atoms with Gasteiger partial charge in [-0.2, -0.15) is 0 Å². The van der Waals surface area contributed by atoms with Crippen LogP contribution in [0.5, 0.6) is 0 Å². The Morgan fingerprint density at radius 1 is 1.47 bits per heavy atom. The fourth-order valence-electron chi connectivity index (χ4n) is 1.49. The van der Waals surface area contributed by atoms with Crippen molar-refractivity contribution in [3.63, 3.8) is 0 Å². The molecular weight excluding hydrogens is 304 g/mol. The van der Waals surface area contributed by atoms with Crippen molar-refractivity contribution in [1.29, 1.82) is 0 Å². The lowest BCUT2D eigenvalue weighted by atomic mass is 10.1. The van der Waals surface area contributed by atoms with Gasteiger partial charge in [-0.15, -0.1) is 0 Å². The highest BCUT2D eigenvalue weighted by atomic mass is 79.9. The largest absolute Gasteiger partial charge is 0.359 e. The molecule has 5 heteroatoms. The summed E-state index contributed by atoms with van der Waals surface area (Å²) < 4.78 is 6.16. The molecule has 0 aliphatic heterocycles. The second-order valence-electron chi connectivity index (χ2n) is 3.75. The van der Waals surface area contributed by atoms with Crippen LogP contribution >= 0.6 is 27.5 Å². The van der Waals surface area contributed by atoms with Crippen LogP contribution in [-0.2, 0) is 0 Å². The molecule has 0 aliphatic carbocycles. The summed E-state index contributed by atoms with van der Waals surface area (Å²) in [4.78, 5) is 0. The zero-order valence-corrected chi connectivity index (χ0v) is 11.6. The minimum atomic E-state index is -0.123. The van der Waals surface area contributed by atoms with Gasteiger partial charge in [-0.25, -0.2) is 0 Å². The van der Waals surface area contributed by atoms with Crippen LogP contribution in [0.25, 0.3) is 11.3 Å². The van der Waals surface area contributed by atoms with Gasteiger partial charge in [-0.1, -0.05) is 39.6 Å². The topological polar surface area (TPSA) is 52.0 Å². The highest BCUT2D eigenvalue weighted by Gasteiger charge is 2.14. The predicted octanol–water partition coefficient (Wildman–Crippen LogP) is 4.17. The van der Waals surface area contributed by atoms with Crippen molar-refractivity contribution in [2.75, 3.05) is 0 Å². The van der Waals surface area contributed by atoms with E-state index < -0.39 is 0 Å². The van der Waals surface area contributed by atoms with Crippen LogP contribution in [0, 0.1) is 0 Å². The summed E-state index contributed by atoms with van der Waals surface area (Å²) in [5.74, 6) is 0.679. The van der Waals surface area contributed by atoms with Crippen molar-refractivity contribution in [2.24, 2.45) is 5.73 Å². The van der Waals surface area contributed by atoms with E-state index in [1.54, 1.807) is 0 Å². The first-order valence-corrected chi connectivity index (χ1v) is 6.46. The quantitative estimate of drug-likeness (QED) is 0.925. The fourth-order valence-corrected chi connectivity index (χ4v) is 2.06. The molecular formula is C12H12BrClN2O. The van der Waals surface area contributed by atoms with Gasteiger partial charge in [0.25, 0.3) is 0 Å². The molecule has 0 saturated heterocycles. The number of nitrogens with zero attached hydrogens (tertiary/aromatic N) is 1. The van der Waals surface area contributed by atoms with E-state index in [1.807, 2.05) is 31.2 Å². The highest BCUT2D eigenvalue weighted by Crippen LogP contribution is 2.31. The predicted molar refractivity (Wildman–Crippen MR) is 71.9 cm³/mol. The van der Waals surface area contributed by atoms with Crippen LogP contribution < -0.4 is 5.73 Å². The Morgan fingerprint density at radius 3 is 2.94 bits per heavy atom. The Hall–Kier alpha value is -0.840. The number of benzene rings is 1. The second kappa shape index (κ2) is 5.21. The third-order valence-corrected chi connectivity index (χ3v) is 3.36. The maximum Gasteiger partial charge on any atom is 0.154 e. The molecule has 2 aromatic rings. The molecule has 1 unspecified atom stereocenters. The summed E-state index contributed by atoms with van der Waals surface area (Å²) in [6.07, 6.45) is 0.806. The highest BCUT2D eigenvalue weighted by molar-refractivity contribution is 9.10. The Morgan fingerprint density at radius 2 is 2.24 bits per heavy atom. The molecule has 0 fully saturated rings. The maximum absolute atomic E-state index is 6.12. The Kier molecular flexibility index (Phi) is 3.86. The standard InChI is InChI=1S/C12H12BrClN2O/c1-2-10(15)12-6-11(16-17-12)8-5-7(13)3-4-9(8)14/h3-6,10H,2,15H2,1H3. The first-order chi connectivity index (χ1) is 8.11. The van der Waals surface area contributed by atoms with Crippen molar-refractivity contribution >= 4 is 27.5 Å². The van der Waals surface area contributed by atoms with Crippen molar-refractivity contribution in [1.82, 2.24) is 5.16 Å². The lowest BCUT2D eigenvalue weighted by Crippen LogP contribution is -2.06. The zero-order chi connectivity index (χ0) is 12.4. The molecule has 1 aromatic carbocycles. The Bertz CT molecular complexity index is 527. The molecule has 2 rings (SSSR count). The summed E-state index contributed by atoms with van der Waals surface area (Å²) in [5.41, 5.74) is 7.41. The van der Waals surface area contributed by atoms with E-state index in [-0.39, 0.29) is 6.04 Å². The van der Waals surface area contributed by atoms with Gasteiger partial charge < -0.3 is 10.3 Å². The van der Waals surface area contributed by atoms with Crippen LogP contribution in [0.15, 0.2) is 33.3 Å². The first-order valence-electron chi connectivity index (χ1n) is 5.29. The minimum Gasteiger partial charge on any atom is -0.359 e. The summed E-state index contributed by atoms with van der Waals surface area (Å²) in [5, 5.41) is 4.63. The van der Waals surface area contributed by atoms with Crippen molar-refractivity contribution in [3.8, 4) is 11.3 Å². The van der Waals surface area contributed by atoms with Gasteiger partial charge in [0, 0.05) is 16.1 Å². The fraction of sp³-hybridized carbons (Fsp3) is 0.250. The molecule has 17 heavy (non-hydrogen) atoms. The summed E-state index contributed by atoms with van der Waals surface area (Å²) in [6.45, 7) is 2.00. The van der Waals surface area contributed by atoms with Gasteiger partial charge in [-0.05, 0) is 24.6 Å². The SMILES string of the molecule is CCC(N)c1cc(-c2cc(Br)ccc2Cl)no1. The second-order valence-corrected chi connectivity index (χ2v) is 5.08. The molecule has 0 radical (unpaired) electrons. The summed E-state index contributed by atoms with van der Waals surface area (Å²) in [6, 6.07) is 7.31. The molecule has 1 atom stereocenters. The molecule has 3 nitrogen and oxygen atoms in total. The molecule has 1 aromatic heterocycles. The van der Waals surface area contributed by atoms with Crippen molar-refractivity contribution < 1.29 is 4.52 Å². The van der Waals surface area contributed by atoms with Gasteiger partial charge >= 0.3 is 0 Å². The average Bonchev–Trinajstić information content (AvgIpc) is 2.80. The Balaban J connectivity index is 2.40. The molecule has 0 saturated carbocycles. The number of hydrogen-bond donors (Lipinski definition) is 1. The third-order valence-electron chi connectivity index (χ3n) is 2.54. The number of rotatable bonds is 3. The lowest BCUT2D eigenvalue weighted by molar-refractivity contribution is 0.360. The van der Waals surface area contributed by atoms with Crippen LogP contribution in [0.4, 0.5) is 0 Å². The van der Waals surface area contributed by atoms with E-state index in [9.17, 15) is 0 Å². The van der Waals surface area contributed by atoms with Crippen molar-refractivity contribution in [2.45, 2.75) is 19.4 Å². The average molecular weight is 316 g/mol. The van der Waals surface area contributed by atoms with Crippen LogP contribution in [-0.4, -0.2) is 5.16 Å². The number of halogens is 2. The number of aromatic nitrogens is 1. The van der Waals surface area contributed by atoms with Gasteiger partial charge in [0.05, 0.1) is 11.1 Å². The Labute approximate surface area is 113 Å². The number of nitrogens with two attached hydrogens (primary N) is 1. The van der Waals surface area contributed by atoms with Gasteiger partial charge in [0.1, 0.15) is 5.69 Å². The van der Waals surface area contributed by atoms with Crippen LogP contribution in [0.3, 0.4) is 0 Å². The van der Waals surface area contributed by atoms with Gasteiger partial charge in [0.2, 0.25) is 0 Å². The molecule has 0 aliphatic rings. The zero-order valence-electron chi connectivity index (χ0n) is 9.28. The smallest absolute Gasteiger partial charge is 0.154 e. The van der Waals surface area contributed by atoms with Crippen LogP contribution in [0.2, 0.25) is 5.02 Å². The summed E-state index contributed by atoms with van der Waals surface area (Å²) >= 11 is 9.52. The lowest BCUT2D eigenvalue weighted by Gasteiger charge is -2.01. The molecule has 1 heterocycles. The molecule has 2 N–H and O–H groups in total.